The minimum absolute atomic E-state index is 0.128. The SMILES string of the molecule is COc1ccc(/C=C/C(=O)Nc2c(C)cnn2C2CCCc3ccccc32)cc1OC. The molecule has 0 bridgehead atoms. The summed E-state index contributed by atoms with van der Waals surface area (Å²) in [7, 11) is 3.18. The van der Waals surface area contributed by atoms with Crippen molar-refractivity contribution in [3.63, 3.8) is 0 Å². The van der Waals surface area contributed by atoms with E-state index in [0.29, 0.717) is 11.5 Å². The first-order valence-corrected chi connectivity index (χ1v) is 10.4. The normalized spacial score (nSPS) is 15.5. The lowest BCUT2D eigenvalue weighted by Gasteiger charge is -2.27. The molecular weight excluding hydrogens is 390 g/mol. The van der Waals surface area contributed by atoms with Crippen molar-refractivity contribution in [3.05, 3.63) is 77.0 Å². The standard InChI is InChI=1S/C25H27N3O3/c1-17-16-26-28(21-10-6-8-19-7-4-5-9-20(19)21)25(17)27-24(29)14-12-18-11-13-22(30-2)23(15-18)31-3/h4-5,7,9,11-16,21H,6,8,10H2,1-3H3,(H,27,29)/b14-12+. The van der Waals surface area contributed by atoms with E-state index in [9.17, 15) is 4.79 Å². The Morgan fingerprint density at radius 1 is 1.16 bits per heavy atom. The molecule has 1 heterocycles. The number of rotatable bonds is 6. The predicted molar refractivity (Wildman–Crippen MR) is 122 cm³/mol. The van der Waals surface area contributed by atoms with Crippen LogP contribution in [0.25, 0.3) is 6.08 Å². The Bertz CT molecular complexity index is 1120. The fourth-order valence-electron chi connectivity index (χ4n) is 4.11. The van der Waals surface area contributed by atoms with Crippen LogP contribution in [-0.2, 0) is 11.2 Å². The molecule has 1 aliphatic rings. The predicted octanol–water partition coefficient (Wildman–Crippen LogP) is 4.79. The van der Waals surface area contributed by atoms with E-state index in [1.165, 1.54) is 17.2 Å². The second-order valence-electron chi connectivity index (χ2n) is 7.66. The Hall–Kier alpha value is -3.54. The number of carbonyl (C=O) groups excluding carboxylic acids is 1. The zero-order valence-corrected chi connectivity index (χ0v) is 18.1. The lowest BCUT2D eigenvalue weighted by atomic mass is 9.88. The molecule has 31 heavy (non-hydrogen) atoms. The summed E-state index contributed by atoms with van der Waals surface area (Å²) < 4.78 is 12.5. The van der Waals surface area contributed by atoms with Crippen LogP contribution in [0.1, 0.15) is 41.1 Å². The van der Waals surface area contributed by atoms with Gasteiger partial charge in [0.25, 0.3) is 0 Å². The van der Waals surface area contributed by atoms with Crippen molar-refractivity contribution in [2.24, 2.45) is 0 Å². The van der Waals surface area contributed by atoms with Crippen LogP contribution in [0.2, 0.25) is 0 Å². The largest absolute Gasteiger partial charge is 0.493 e. The van der Waals surface area contributed by atoms with Gasteiger partial charge in [-0.3, -0.25) is 4.79 Å². The maximum atomic E-state index is 12.7. The molecule has 1 unspecified atom stereocenters. The quantitative estimate of drug-likeness (QED) is 0.586. The number of anilines is 1. The zero-order valence-electron chi connectivity index (χ0n) is 18.1. The average molecular weight is 418 g/mol. The number of fused-ring (bicyclic) bond motifs is 1. The number of aryl methyl sites for hydroxylation is 2. The van der Waals surface area contributed by atoms with Gasteiger partial charge in [-0.05, 0) is 61.1 Å². The summed E-state index contributed by atoms with van der Waals surface area (Å²) in [5.41, 5.74) is 4.43. The third kappa shape index (κ3) is 4.33. The molecule has 1 N–H and O–H groups in total. The smallest absolute Gasteiger partial charge is 0.249 e. The van der Waals surface area contributed by atoms with E-state index in [1.54, 1.807) is 20.3 Å². The molecule has 0 spiro atoms. The molecular formula is C25H27N3O3. The summed E-state index contributed by atoms with van der Waals surface area (Å²) in [5.74, 6) is 1.80. The summed E-state index contributed by atoms with van der Waals surface area (Å²) in [6.07, 6.45) is 8.28. The van der Waals surface area contributed by atoms with Gasteiger partial charge in [0.05, 0.1) is 26.5 Å². The van der Waals surface area contributed by atoms with E-state index in [1.807, 2.05) is 36.0 Å². The van der Waals surface area contributed by atoms with Gasteiger partial charge in [0, 0.05) is 11.6 Å². The maximum Gasteiger partial charge on any atom is 0.249 e. The van der Waals surface area contributed by atoms with Crippen molar-refractivity contribution in [2.45, 2.75) is 32.2 Å². The van der Waals surface area contributed by atoms with Gasteiger partial charge in [0.2, 0.25) is 5.91 Å². The van der Waals surface area contributed by atoms with E-state index in [4.69, 9.17) is 9.47 Å². The topological polar surface area (TPSA) is 65.4 Å². The van der Waals surface area contributed by atoms with Crippen molar-refractivity contribution in [1.82, 2.24) is 9.78 Å². The highest BCUT2D eigenvalue weighted by Crippen LogP contribution is 2.35. The molecule has 0 saturated heterocycles. The minimum atomic E-state index is -0.205. The molecule has 1 amide bonds. The van der Waals surface area contributed by atoms with Crippen LogP contribution in [0.15, 0.2) is 54.7 Å². The van der Waals surface area contributed by atoms with Gasteiger partial charge in [-0.25, -0.2) is 4.68 Å². The number of hydrogen-bond acceptors (Lipinski definition) is 4. The molecule has 0 saturated carbocycles. The Kier molecular flexibility index (Phi) is 6.07. The Balaban J connectivity index is 1.54. The number of aromatic nitrogens is 2. The average Bonchev–Trinajstić information content (AvgIpc) is 3.16. The molecule has 0 aliphatic heterocycles. The molecule has 1 aliphatic carbocycles. The van der Waals surface area contributed by atoms with Gasteiger partial charge < -0.3 is 14.8 Å². The molecule has 1 atom stereocenters. The number of hydrogen-bond donors (Lipinski definition) is 1. The van der Waals surface area contributed by atoms with Crippen LogP contribution in [0.3, 0.4) is 0 Å². The van der Waals surface area contributed by atoms with Gasteiger partial charge in [-0.15, -0.1) is 0 Å². The molecule has 2 aromatic carbocycles. The summed E-state index contributed by atoms with van der Waals surface area (Å²) in [6, 6.07) is 14.1. The highest BCUT2D eigenvalue weighted by molar-refractivity contribution is 6.01. The Morgan fingerprint density at radius 2 is 1.97 bits per heavy atom. The number of carbonyl (C=O) groups is 1. The van der Waals surface area contributed by atoms with Crippen molar-refractivity contribution in [1.29, 1.82) is 0 Å². The second kappa shape index (κ2) is 9.08. The van der Waals surface area contributed by atoms with Crippen molar-refractivity contribution in [2.75, 3.05) is 19.5 Å². The van der Waals surface area contributed by atoms with Crippen LogP contribution >= 0.6 is 0 Å². The molecule has 3 aromatic rings. The Morgan fingerprint density at radius 3 is 2.77 bits per heavy atom. The van der Waals surface area contributed by atoms with E-state index >= 15 is 0 Å². The molecule has 1 aromatic heterocycles. The van der Waals surface area contributed by atoms with Crippen molar-refractivity contribution in [3.8, 4) is 11.5 Å². The fraction of sp³-hybridized carbons (Fsp3) is 0.280. The third-order valence-electron chi connectivity index (χ3n) is 5.69. The summed E-state index contributed by atoms with van der Waals surface area (Å²) in [4.78, 5) is 12.7. The maximum absolute atomic E-state index is 12.7. The van der Waals surface area contributed by atoms with Gasteiger partial charge in [0.1, 0.15) is 5.82 Å². The van der Waals surface area contributed by atoms with Crippen LogP contribution in [-0.4, -0.2) is 29.9 Å². The van der Waals surface area contributed by atoms with Crippen LogP contribution in [0.5, 0.6) is 11.5 Å². The van der Waals surface area contributed by atoms with Gasteiger partial charge >= 0.3 is 0 Å². The number of methoxy groups -OCH3 is 2. The van der Waals surface area contributed by atoms with Crippen molar-refractivity contribution >= 4 is 17.8 Å². The number of nitrogens with zero attached hydrogens (tertiary/aromatic N) is 2. The first-order valence-electron chi connectivity index (χ1n) is 10.4. The second-order valence-corrected chi connectivity index (χ2v) is 7.66. The van der Waals surface area contributed by atoms with Crippen LogP contribution < -0.4 is 14.8 Å². The third-order valence-corrected chi connectivity index (χ3v) is 5.69. The summed E-state index contributed by atoms with van der Waals surface area (Å²) in [6.45, 7) is 1.96. The number of amides is 1. The van der Waals surface area contributed by atoms with Crippen LogP contribution in [0, 0.1) is 6.92 Å². The van der Waals surface area contributed by atoms with Gasteiger partial charge in [-0.1, -0.05) is 30.3 Å². The lowest BCUT2D eigenvalue weighted by molar-refractivity contribution is -0.111. The van der Waals surface area contributed by atoms with E-state index in [0.717, 1.165) is 36.2 Å². The molecule has 0 radical (unpaired) electrons. The first kappa shape index (κ1) is 20.7. The minimum Gasteiger partial charge on any atom is -0.493 e. The highest BCUT2D eigenvalue weighted by Gasteiger charge is 2.25. The highest BCUT2D eigenvalue weighted by atomic mass is 16.5. The molecule has 6 heteroatoms. The molecule has 160 valence electrons. The van der Waals surface area contributed by atoms with E-state index in [2.05, 4.69) is 34.7 Å². The van der Waals surface area contributed by atoms with Gasteiger partial charge in [-0.2, -0.15) is 5.10 Å². The zero-order chi connectivity index (χ0) is 21.8. The summed E-state index contributed by atoms with van der Waals surface area (Å²) in [5, 5.41) is 7.63. The Labute approximate surface area is 182 Å². The number of nitrogens with one attached hydrogen (secondary N) is 1. The van der Waals surface area contributed by atoms with E-state index in [-0.39, 0.29) is 11.9 Å². The first-order chi connectivity index (χ1) is 15.1. The number of benzene rings is 2. The molecule has 6 nitrogen and oxygen atoms in total. The van der Waals surface area contributed by atoms with Gasteiger partial charge in [0.15, 0.2) is 11.5 Å². The summed E-state index contributed by atoms with van der Waals surface area (Å²) >= 11 is 0. The molecule has 4 rings (SSSR count). The van der Waals surface area contributed by atoms with Crippen LogP contribution in [0.4, 0.5) is 5.82 Å². The monoisotopic (exact) mass is 417 g/mol. The lowest BCUT2D eigenvalue weighted by Crippen LogP contribution is -2.22. The molecule has 0 fully saturated rings. The van der Waals surface area contributed by atoms with Crippen molar-refractivity contribution < 1.29 is 14.3 Å². The fourth-order valence-corrected chi connectivity index (χ4v) is 4.11. The number of ether oxygens (including phenoxy) is 2. The van der Waals surface area contributed by atoms with E-state index < -0.39 is 0 Å².